The number of ether oxygens (including phenoxy) is 1. The monoisotopic (exact) mass is 685 g/mol. The minimum Gasteiger partial charge on any atom is -0.388 e. The first-order valence-electron chi connectivity index (χ1n) is 16.5. The first-order valence-corrected chi connectivity index (χ1v) is 16.5. The molecule has 0 saturated heterocycles. The molecule has 13 heteroatoms. The Bertz CT molecular complexity index is 1830. The first kappa shape index (κ1) is 36.9. The Morgan fingerprint density at radius 3 is 2.48 bits per heavy atom. The normalized spacial score (nSPS) is 20.3. The maximum atomic E-state index is 15.9. The first-order chi connectivity index (χ1) is 22.6. The molecule has 2 aromatic carbocycles. The number of aliphatic hydroxyl groups excluding tert-OH is 1. The van der Waals surface area contributed by atoms with Gasteiger partial charge in [-0.1, -0.05) is 56.7 Å². The van der Waals surface area contributed by atoms with Crippen LogP contribution in [0, 0.1) is 5.82 Å². The Labute approximate surface area is 322 Å². The van der Waals surface area contributed by atoms with Crippen LogP contribution in [0.4, 0.5) is 4.39 Å². The molecule has 11 nitrogen and oxygen atoms in total. The zero-order valence-corrected chi connectivity index (χ0v) is 31.4. The summed E-state index contributed by atoms with van der Waals surface area (Å²) in [4.78, 5) is 27.9. The average Bonchev–Trinajstić information content (AvgIpc) is 3.71. The molecule has 0 bridgehead atoms. The van der Waals surface area contributed by atoms with E-state index >= 15 is 4.39 Å². The molecule has 1 saturated carbocycles. The SMILES string of the molecule is CCCc1c(Cc2ccc(-c3ccccc3C3=NC(O)ON3)cc2F)c(=O)n(C2CCC(OC(CC)C(C)(C)O)CC2)c2ncnn12.[K+]. The molecule has 48 heavy (non-hydrogen) atoms. The van der Waals surface area contributed by atoms with Gasteiger partial charge in [0, 0.05) is 23.6 Å². The van der Waals surface area contributed by atoms with Gasteiger partial charge in [-0.05, 0) is 75.1 Å². The van der Waals surface area contributed by atoms with Crippen LogP contribution in [-0.4, -0.2) is 59.4 Å². The molecule has 0 radical (unpaired) electrons. The number of amidine groups is 1. The average molecular weight is 686 g/mol. The van der Waals surface area contributed by atoms with Crippen molar-refractivity contribution in [1.29, 1.82) is 0 Å². The second-order valence-corrected chi connectivity index (χ2v) is 13.0. The number of aliphatic imine (C=N–C) groups is 1. The van der Waals surface area contributed by atoms with Crippen molar-refractivity contribution in [3.8, 4) is 11.1 Å². The number of aromatic nitrogens is 4. The molecule has 4 aromatic rings. The third-order valence-electron chi connectivity index (χ3n) is 9.25. The van der Waals surface area contributed by atoms with Crippen molar-refractivity contribution in [3.05, 3.63) is 87.3 Å². The van der Waals surface area contributed by atoms with E-state index in [1.807, 2.05) is 44.2 Å². The summed E-state index contributed by atoms with van der Waals surface area (Å²) in [6.45, 7) is 7.59. The summed E-state index contributed by atoms with van der Waals surface area (Å²) in [7, 11) is 0. The Balaban J connectivity index is 0.00000451. The van der Waals surface area contributed by atoms with E-state index in [-0.39, 0.29) is 81.6 Å². The summed E-state index contributed by atoms with van der Waals surface area (Å²) in [5, 5.41) is 24.7. The summed E-state index contributed by atoms with van der Waals surface area (Å²) < 4.78 is 25.7. The van der Waals surface area contributed by atoms with Gasteiger partial charge in [0.15, 0.2) is 5.84 Å². The molecular weight excluding hydrogens is 643 g/mol. The molecule has 1 fully saturated rings. The molecule has 1 aliphatic carbocycles. The smallest absolute Gasteiger partial charge is 0.388 e. The van der Waals surface area contributed by atoms with Crippen molar-refractivity contribution in [2.45, 2.75) is 109 Å². The van der Waals surface area contributed by atoms with Crippen LogP contribution in [-0.2, 0) is 22.4 Å². The number of benzene rings is 2. The van der Waals surface area contributed by atoms with Crippen LogP contribution >= 0.6 is 0 Å². The fraction of sp³-hybridized carbons (Fsp3) is 0.486. The van der Waals surface area contributed by atoms with Crippen LogP contribution in [0.15, 0.2) is 58.6 Å². The van der Waals surface area contributed by atoms with Crippen LogP contribution < -0.4 is 62.4 Å². The van der Waals surface area contributed by atoms with Gasteiger partial charge in [-0.15, -0.1) is 0 Å². The summed E-state index contributed by atoms with van der Waals surface area (Å²) in [6, 6.07) is 12.2. The number of nitrogens with one attached hydrogen (secondary N) is 1. The second-order valence-electron chi connectivity index (χ2n) is 13.0. The fourth-order valence-electron chi connectivity index (χ4n) is 6.90. The maximum absolute atomic E-state index is 15.9. The van der Waals surface area contributed by atoms with E-state index in [0.717, 1.165) is 25.0 Å². The largest absolute Gasteiger partial charge is 1.00 e. The third kappa shape index (κ3) is 7.69. The molecule has 2 aromatic heterocycles. The number of hydrogen-bond donors (Lipinski definition) is 3. The number of rotatable bonds is 11. The van der Waals surface area contributed by atoms with Gasteiger partial charge >= 0.3 is 51.4 Å². The maximum Gasteiger partial charge on any atom is 1.00 e. The molecule has 2 unspecified atom stereocenters. The number of fused-ring (bicyclic) bond motifs is 1. The van der Waals surface area contributed by atoms with E-state index in [2.05, 4.69) is 20.6 Å². The summed E-state index contributed by atoms with van der Waals surface area (Å²) >= 11 is 0. The van der Waals surface area contributed by atoms with Gasteiger partial charge in [-0.2, -0.15) is 10.1 Å². The van der Waals surface area contributed by atoms with Crippen molar-refractivity contribution < 1.29 is 75.6 Å². The van der Waals surface area contributed by atoms with Gasteiger partial charge in [0.2, 0.25) is 5.78 Å². The minimum atomic E-state index is -1.31. The van der Waals surface area contributed by atoms with Crippen LogP contribution in [0.25, 0.3) is 16.9 Å². The molecule has 1 aliphatic heterocycles. The van der Waals surface area contributed by atoms with E-state index in [1.54, 1.807) is 29.0 Å². The van der Waals surface area contributed by atoms with Gasteiger partial charge in [0.25, 0.3) is 12.0 Å². The second kappa shape index (κ2) is 15.7. The van der Waals surface area contributed by atoms with E-state index in [9.17, 15) is 15.0 Å². The van der Waals surface area contributed by atoms with Gasteiger partial charge in [-0.3, -0.25) is 9.36 Å². The topological polar surface area (TPSA) is 136 Å². The summed E-state index contributed by atoms with van der Waals surface area (Å²) in [5.74, 6) is 0.419. The van der Waals surface area contributed by atoms with Gasteiger partial charge < -0.3 is 14.9 Å². The molecule has 2 aliphatic rings. The minimum absolute atomic E-state index is 0. The molecule has 3 heterocycles. The van der Waals surface area contributed by atoms with Crippen molar-refractivity contribution in [1.82, 2.24) is 24.6 Å². The number of nitrogens with zero attached hydrogens (tertiary/aromatic N) is 5. The Kier molecular flexibility index (Phi) is 12.1. The van der Waals surface area contributed by atoms with Crippen LogP contribution in [0.2, 0.25) is 0 Å². The molecule has 250 valence electrons. The van der Waals surface area contributed by atoms with Crippen molar-refractivity contribution >= 4 is 11.6 Å². The number of aryl methyl sites for hydroxylation is 1. The Hall–Kier alpha value is -2.33. The van der Waals surface area contributed by atoms with E-state index in [4.69, 9.17) is 9.57 Å². The zero-order valence-electron chi connectivity index (χ0n) is 28.3. The van der Waals surface area contributed by atoms with Gasteiger partial charge in [-0.25, -0.2) is 24.2 Å². The predicted molar refractivity (Wildman–Crippen MR) is 175 cm³/mol. The van der Waals surface area contributed by atoms with Crippen molar-refractivity contribution in [2.24, 2.45) is 4.99 Å². The van der Waals surface area contributed by atoms with E-state index in [1.165, 1.54) is 12.4 Å². The fourth-order valence-corrected chi connectivity index (χ4v) is 6.90. The molecular formula is C35H43FKN6O5+. The van der Waals surface area contributed by atoms with Crippen molar-refractivity contribution in [3.63, 3.8) is 0 Å². The Morgan fingerprint density at radius 1 is 1.12 bits per heavy atom. The number of hydroxylamine groups is 1. The van der Waals surface area contributed by atoms with Crippen LogP contribution in [0.1, 0.15) is 94.6 Å². The standard InChI is InChI=1S/C35H43FN6O5.K/c1-5-9-29-27(18-22-13-12-21(19-28(22)36)25-10-7-8-11-26(25)31-39-34(44)47-40-31)32(43)41(33-37-20-38-42(29)33)23-14-16-24(17-15-23)46-30(6-2)35(3,4)45;/h7-8,10-13,19-20,23-24,30,34,44-45H,5-6,9,14-18H2,1-4H3,(H,39,40);/q;+1. The molecule has 0 spiro atoms. The predicted octanol–water partition coefficient (Wildman–Crippen LogP) is 1.85. The number of hydrogen-bond acceptors (Lipinski definition) is 9. The molecule has 3 N–H and O–H groups in total. The summed E-state index contributed by atoms with van der Waals surface area (Å²) in [5.41, 5.74) is 5.17. The van der Waals surface area contributed by atoms with Crippen LogP contribution in [0.5, 0.6) is 0 Å². The number of aliphatic hydroxyl groups is 2. The Morgan fingerprint density at radius 2 is 1.85 bits per heavy atom. The third-order valence-corrected chi connectivity index (χ3v) is 9.25. The van der Waals surface area contributed by atoms with Gasteiger partial charge in [0.05, 0.1) is 23.5 Å². The van der Waals surface area contributed by atoms with Crippen LogP contribution in [0.3, 0.4) is 0 Å². The summed E-state index contributed by atoms with van der Waals surface area (Å²) in [6.07, 6.45) is 5.02. The molecule has 2 atom stereocenters. The zero-order chi connectivity index (χ0) is 33.3. The van der Waals surface area contributed by atoms with E-state index < -0.39 is 17.8 Å². The van der Waals surface area contributed by atoms with Crippen molar-refractivity contribution in [2.75, 3.05) is 0 Å². The quantitative estimate of drug-likeness (QED) is 0.204. The van der Waals surface area contributed by atoms with Gasteiger partial charge in [0.1, 0.15) is 12.1 Å². The molecule has 6 rings (SSSR count). The molecule has 0 amide bonds. The van der Waals surface area contributed by atoms with E-state index in [0.29, 0.717) is 65.1 Å². The number of halogens is 1.